The van der Waals surface area contributed by atoms with Crippen LogP contribution in [0.1, 0.15) is 32.1 Å². The molecule has 0 spiro atoms. The van der Waals surface area contributed by atoms with Crippen LogP contribution in [0.25, 0.3) is 22.1 Å². The number of hydrogen-bond donors (Lipinski definition) is 1. The van der Waals surface area contributed by atoms with Crippen molar-refractivity contribution in [2.45, 2.75) is 33.2 Å². The lowest BCUT2D eigenvalue weighted by atomic mass is 10.2. The number of fused-ring (bicyclic) bond motifs is 2. The Hall–Kier alpha value is -3.74. The van der Waals surface area contributed by atoms with Crippen LogP contribution in [0.3, 0.4) is 0 Å². The van der Waals surface area contributed by atoms with Crippen molar-refractivity contribution in [3.8, 4) is 0 Å². The first-order chi connectivity index (χ1) is 15.0. The zero-order chi connectivity index (χ0) is 22.2. The molecule has 7 heteroatoms. The minimum atomic E-state index is -0.0534. The van der Waals surface area contributed by atoms with Gasteiger partial charge in [0.05, 0.1) is 28.3 Å². The molecule has 0 amide bonds. The van der Waals surface area contributed by atoms with E-state index in [4.69, 9.17) is 0 Å². The first-order valence-electron chi connectivity index (χ1n) is 10.3. The Morgan fingerprint density at radius 3 is 2.32 bits per heavy atom. The van der Waals surface area contributed by atoms with Crippen LogP contribution in [0.4, 0.5) is 0 Å². The van der Waals surface area contributed by atoms with Crippen molar-refractivity contribution in [1.29, 1.82) is 0 Å². The summed E-state index contributed by atoms with van der Waals surface area (Å²) in [6.45, 7) is 6.12. The summed E-state index contributed by atoms with van der Waals surface area (Å²) in [4.78, 5) is 26.5. The molecular weight excluding hydrogens is 388 g/mol. The van der Waals surface area contributed by atoms with Crippen molar-refractivity contribution in [3.63, 3.8) is 0 Å². The Labute approximate surface area is 181 Å². The second-order valence-corrected chi connectivity index (χ2v) is 7.18. The van der Waals surface area contributed by atoms with Gasteiger partial charge < -0.3 is 9.55 Å². The van der Waals surface area contributed by atoms with Gasteiger partial charge in [-0.25, -0.2) is 9.78 Å². The molecule has 1 aromatic carbocycles. The molecule has 1 unspecified atom stereocenters. The fourth-order valence-electron chi connectivity index (χ4n) is 3.18. The molecule has 4 aromatic heterocycles. The second-order valence-electron chi connectivity index (χ2n) is 7.18. The van der Waals surface area contributed by atoms with E-state index in [0.29, 0.717) is 0 Å². The van der Waals surface area contributed by atoms with Gasteiger partial charge in [0.25, 0.3) is 0 Å². The summed E-state index contributed by atoms with van der Waals surface area (Å²) in [5.41, 5.74) is 3.96. The molecule has 5 aromatic rings. The molecule has 0 saturated carbocycles. The van der Waals surface area contributed by atoms with Gasteiger partial charge in [0.2, 0.25) is 0 Å². The quantitative estimate of drug-likeness (QED) is 0.454. The molecule has 1 atom stereocenters. The van der Waals surface area contributed by atoms with Crippen LogP contribution in [0.5, 0.6) is 0 Å². The Morgan fingerprint density at radius 2 is 1.71 bits per heavy atom. The van der Waals surface area contributed by atoms with Crippen LogP contribution in [-0.4, -0.2) is 29.1 Å². The van der Waals surface area contributed by atoms with Gasteiger partial charge >= 0.3 is 5.69 Å². The van der Waals surface area contributed by atoms with Crippen molar-refractivity contribution in [3.05, 3.63) is 89.6 Å². The molecule has 5 rings (SSSR count). The maximum atomic E-state index is 11.6. The van der Waals surface area contributed by atoms with E-state index in [2.05, 4.69) is 37.5 Å². The Balaban J connectivity index is 0.000000142. The minimum Gasteiger partial charge on any atom is -0.331 e. The number of imidazole rings is 2. The normalized spacial score (nSPS) is 11.4. The zero-order valence-corrected chi connectivity index (χ0v) is 18.4. The summed E-state index contributed by atoms with van der Waals surface area (Å²) in [6.07, 6.45) is 7.82. The number of pyridine rings is 2. The number of aromatic amines is 1. The zero-order valence-electron chi connectivity index (χ0n) is 18.4. The fraction of sp³-hybridized carbons (Fsp3) is 0.250. The van der Waals surface area contributed by atoms with Gasteiger partial charge in [-0.2, -0.15) is 0 Å². The molecule has 0 fully saturated rings. The number of rotatable bonds is 2. The monoisotopic (exact) mass is 416 g/mol. The maximum Gasteiger partial charge on any atom is 0.326 e. The lowest BCUT2D eigenvalue weighted by Gasteiger charge is -2.09. The topological polar surface area (TPSA) is 81.4 Å². The SMILES string of the molecule is CCC(C)n1c(=O)[nH]c2cnccc21.Cc1nc2ccccc2n1C.c1ccncc1. The van der Waals surface area contributed by atoms with E-state index in [-0.39, 0.29) is 11.7 Å². The molecular formula is C24H28N6O. The first kappa shape index (κ1) is 22.0. The number of aromatic nitrogens is 6. The van der Waals surface area contributed by atoms with Gasteiger partial charge in [-0.15, -0.1) is 0 Å². The van der Waals surface area contributed by atoms with Crippen molar-refractivity contribution < 1.29 is 0 Å². The minimum absolute atomic E-state index is 0.0534. The fourth-order valence-corrected chi connectivity index (χ4v) is 3.18. The molecule has 1 N–H and O–H groups in total. The van der Waals surface area contributed by atoms with Crippen molar-refractivity contribution in [2.75, 3.05) is 0 Å². The molecule has 0 radical (unpaired) electrons. The number of H-pyrrole nitrogens is 1. The molecule has 0 saturated heterocycles. The summed E-state index contributed by atoms with van der Waals surface area (Å²) in [5, 5.41) is 0. The predicted octanol–water partition coefficient (Wildman–Crippen LogP) is 4.66. The van der Waals surface area contributed by atoms with Gasteiger partial charge in [-0.3, -0.25) is 14.5 Å². The Bertz CT molecular complexity index is 1260. The second kappa shape index (κ2) is 10.3. The average Bonchev–Trinajstić information content (AvgIpc) is 3.30. The Kier molecular flexibility index (Phi) is 7.32. The van der Waals surface area contributed by atoms with E-state index in [1.54, 1.807) is 29.4 Å². The number of benzene rings is 1. The summed E-state index contributed by atoms with van der Waals surface area (Å²) >= 11 is 0. The van der Waals surface area contributed by atoms with Gasteiger partial charge in [-0.1, -0.05) is 25.1 Å². The third-order valence-electron chi connectivity index (χ3n) is 5.13. The molecule has 7 nitrogen and oxygen atoms in total. The maximum absolute atomic E-state index is 11.6. The summed E-state index contributed by atoms with van der Waals surface area (Å²) in [6, 6.07) is 15.9. The lowest BCUT2D eigenvalue weighted by molar-refractivity contribution is 0.530. The highest BCUT2D eigenvalue weighted by Crippen LogP contribution is 2.15. The van der Waals surface area contributed by atoms with E-state index in [1.807, 2.05) is 63.4 Å². The van der Waals surface area contributed by atoms with Gasteiger partial charge in [0.15, 0.2) is 0 Å². The molecule has 0 aliphatic carbocycles. The number of nitrogens with zero attached hydrogens (tertiary/aromatic N) is 5. The predicted molar refractivity (Wildman–Crippen MR) is 125 cm³/mol. The number of aryl methyl sites for hydroxylation is 2. The van der Waals surface area contributed by atoms with Crippen molar-refractivity contribution >= 4 is 22.1 Å². The van der Waals surface area contributed by atoms with E-state index >= 15 is 0 Å². The standard InChI is InChI=1S/C10H13N3O.C9H10N2.C5H5N/c1-3-7(2)13-9-4-5-11-6-8(9)12-10(13)14;1-7-10-8-5-3-4-6-9(8)11(7)2;1-2-4-6-5-3-1/h4-7H,3H2,1-2H3,(H,12,14);3-6H,1-2H3;1-5H. The third-order valence-corrected chi connectivity index (χ3v) is 5.13. The number of nitrogens with one attached hydrogen (secondary N) is 1. The van der Waals surface area contributed by atoms with Crippen LogP contribution in [0, 0.1) is 6.92 Å². The molecule has 31 heavy (non-hydrogen) atoms. The largest absolute Gasteiger partial charge is 0.331 e. The van der Waals surface area contributed by atoms with Gasteiger partial charge in [0.1, 0.15) is 5.82 Å². The van der Waals surface area contributed by atoms with Crippen LogP contribution in [-0.2, 0) is 7.05 Å². The van der Waals surface area contributed by atoms with Gasteiger partial charge in [0, 0.05) is 31.7 Å². The molecule has 0 aliphatic heterocycles. The third kappa shape index (κ3) is 5.25. The first-order valence-corrected chi connectivity index (χ1v) is 10.3. The lowest BCUT2D eigenvalue weighted by Crippen LogP contribution is -2.19. The van der Waals surface area contributed by atoms with Crippen LogP contribution < -0.4 is 5.69 Å². The molecule has 0 bridgehead atoms. The summed E-state index contributed by atoms with van der Waals surface area (Å²) < 4.78 is 3.87. The summed E-state index contributed by atoms with van der Waals surface area (Å²) in [7, 11) is 2.03. The summed E-state index contributed by atoms with van der Waals surface area (Å²) in [5.74, 6) is 1.06. The van der Waals surface area contributed by atoms with E-state index in [1.165, 1.54) is 5.52 Å². The van der Waals surface area contributed by atoms with E-state index in [0.717, 1.165) is 28.8 Å². The van der Waals surface area contributed by atoms with E-state index in [9.17, 15) is 4.79 Å². The highest BCUT2D eigenvalue weighted by Gasteiger charge is 2.10. The van der Waals surface area contributed by atoms with Crippen LogP contribution >= 0.6 is 0 Å². The van der Waals surface area contributed by atoms with Crippen molar-refractivity contribution in [1.82, 2.24) is 29.1 Å². The molecule has 0 aliphatic rings. The molecule has 160 valence electrons. The Morgan fingerprint density at radius 1 is 0.968 bits per heavy atom. The highest BCUT2D eigenvalue weighted by atomic mass is 16.1. The van der Waals surface area contributed by atoms with Crippen LogP contribution in [0.15, 0.2) is 78.1 Å². The van der Waals surface area contributed by atoms with Gasteiger partial charge in [-0.05, 0) is 50.6 Å². The van der Waals surface area contributed by atoms with E-state index < -0.39 is 0 Å². The smallest absolute Gasteiger partial charge is 0.326 e. The van der Waals surface area contributed by atoms with Crippen molar-refractivity contribution in [2.24, 2.45) is 7.05 Å². The number of para-hydroxylation sites is 2. The molecule has 4 heterocycles. The van der Waals surface area contributed by atoms with Crippen LogP contribution in [0.2, 0.25) is 0 Å². The average molecular weight is 417 g/mol. The number of hydrogen-bond acceptors (Lipinski definition) is 4. The highest BCUT2D eigenvalue weighted by molar-refractivity contribution is 5.75.